The summed E-state index contributed by atoms with van der Waals surface area (Å²) in [7, 11) is 0. The molecular weight excluding hydrogens is 250 g/mol. The Morgan fingerprint density at radius 2 is 1.70 bits per heavy atom. The molecule has 2 aromatic carbocycles. The summed E-state index contributed by atoms with van der Waals surface area (Å²) >= 11 is 0. The molecule has 0 atom stereocenters. The summed E-state index contributed by atoms with van der Waals surface area (Å²) in [5, 5.41) is 23.0. The van der Waals surface area contributed by atoms with Gasteiger partial charge >= 0.3 is 0 Å². The van der Waals surface area contributed by atoms with Crippen LogP contribution in [-0.4, -0.2) is 23.3 Å². The Kier molecular flexibility index (Phi) is 3.61. The lowest BCUT2D eigenvalue weighted by molar-refractivity contribution is 0.405. The van der Waals surface area contributed by atoms with E-state index in [1.165, 1.54) is 11.6 Å². The molecule has 20 heavy (non-hydrogen) atoms. The van der Waals surface area contributed by atoms with E-state index < -0.39 is 0 Å². The van der Waals surface area contributed by atoms with Crippen molar-refractivity contribution in [2.24, 2.45) is 0 Å². The van der Waals surface area contributed by atoms with E-state index in [-0.39, 0.29) is 11.5 Å². The number of piperidine rings is 1. The van der Waals surface area contributed by atoms with Crippen LogP contribution >= 0.6 is 0 Å². The zero-order valence-corrected chi connectivity index (χ0v) is 11.3. The lowest BCUT2D eigenvalue weighted by Gasteiger charge is -2.23. The third-order valence-corrected chi connectivity index (χ3v) is 4.02. The van der Waals surface area contributed by atoms with E-state index in [0.717, 1.165) is 31.5 Å². The first-order valence-electron chi connectivity index (χ1n) is 7.07. The van der Waals surface area contributed by atoms with Gasteiger partial charge in [-0.2, -0.15) is 0 Å². The van der Waals surface area contributed by atoms with Crippen LogP contribution in [0.15, 0.2) is 42.5 Å². The monoisotopic (exact) mass is 269 g/mol. The topological polar surface area (TPSA) is 52.5 Å². The summed E-state index contributed by atoms with van der Waals surface area (Å²) in [5.41, 5.74) is 2.95. The zero-order valence-electron chi connectivity index (χ0n) is 11.3. The second kappa shape index (κ2) is 5.55. The molecule has 0 unspecified atom stereocenters. The third-order valence-electron chi connectivity index (χ3n) is 4.02. The molecule has 0 aliphatic carbocycles. The van der Waals surface area contributed by atoms with Gasteiger partial charge in [-0.3, -0.25) is 0 Å². The van der Waals surface area contributed by atoms with Crippen molar-refractivity contribution in [2.45, 2.75) is 18.8 Å². The van der Waals surface area contributed by atoms with Gasteiger partial charge in [-0.1, -0.05) is 36.4 Å². The highest BCUT2D eigenvalue weighted by Crippen LogP contribution is 2.37. The molecule has 0 amide bonds. The molecule has 3 nitrogen and oxygen atoms in total. The number of hydrogen-bond acceptors (Lipinski definition) is 3. The van der Waals surface area contributed by atoms with Crippen LogP contribution in [0.5, 0.6) is 11.5 Å². The van der Waals surface area contributed by atoms with E-state index in [0.29, 0.717) is 11.5 Å². The zero-order chi connectivity index (χ0) is 13.9. The summed E-state index contributed by atoms with van der Waals surface area (Å²) in [4.78, 5) is 0. The number of para-hydroxylation sites is 1. The molecule has 1 saturated heterocycles. The first-order chi connectivity index (χ1) is 9.75. The minimum atomic E-state index is -0.0743. The van der Waals surface area contributed by atoms with E-state index in [2.05, 4.69) is 17.4 Å². The van der Waals surface area contributed by atoms with Crippen molar-refractivity contribution >= 4 is 0 Å². The van der Waals surface area contributed by atoms with Gasteiger partial charge in [0.05, 0.1) is 0 Å². The highest BCUT2D eigenvalue weighted by molar-refractivity contribution is 5.73. The van der Waals surface area contributed by atoms with Crippen LogP contribution in [-0.2, 0) is 0 Å². The van der Waals surface area contributed by atoms with Crippen LogP contribution < -0.4 is 5.32 Å². The van der Waals surface area contributed by atoms with E-state index in [4.69, 9.17) is 0 Å². The molecule has 104 valence electrons. The molecule has 0 saturated carbocycles. The molecule has 0 spiro atoms. The molecule has 0 aromatic heterocycles. The average Bonchev–Trinajstić information content (AvgIpc) is 2.51. The van der Waals surface area contributed by atoms with Crippen molar-refractivity contribution in [3.63, 3.8) is 0 Å². The van der Waals surface area contributed by atoms with Gasteiger partial charge in [0.25, 0.3) is 0 Å². The Balaban J connectivity index is 1.96. The van der Waals surface area contributed by atoms with E-state index in [9.17, 15) is 10.2 Å². The van der Waals surface area contributed by atoms with Gasteiger partial charge < -0.3 is 15.5 Å². The van der Waals surface area contributed by atoms with E-state index >= 15 is 0 Å². The molecule has 1 aliphatic heterocycles. The van der Waals surface area contributed by atoms with Crippen molar-refractivity contribution in [3.8, 4) is 22.6 Å². The maximum atomic E-state index is 9.99. The van der Waals surface area contributed by atoms with E-state index in [1.807, 2.05) is 18.2 Å². The van der Waals surface area contributed by atoms with Gasteiger partial charge in [-0.25, -0.2) is 0 Å². The smallest absolute Gasteiger partial charge is 0.165 e. The highest BCUT2D eigenvalue weighted by Gasteiger charge is 2.16. The highest BCUT2D eigenvalue weighted by atomic mass is 16.3. The number of hydrogen-bond donors (Lipinski definition) is 3. The minimum Gasteiger partial charge on any atom is -0.504 e. The Labute approximate surface area is 118 Å². The van der Waals surface area contributed by atoms with Gasteiger partial charge in [0, 0.05) is 5.56 Å². The number of phenols is 2. The molecule has 3 heteroatoms. The summed E-state index contributed by atoms with van der Waals surface area (Å²) in [5.74, 6) is 0.459. The number of phenolic OH excluding ortho intramolecular Hbond substituents is 2. The van der Waals surface area contributed by atoms with Gasteiger partial charge in [-0.15, -0.1) is 0 Å². The third kappa shape index (κ3) is 2.49. The standard InChI is InChI=1S/C17H19NO2/c19-16-6-2-5-15(17(16)20)14-4-1-3-13(11-14)12-7-9-18-10-8-12/h1-6,11-12,18-20H,7-10H2. The lowest BCUT2D eigenvalue weighted by atomic mass is 9.88. The Morgan fingerprint density at radius 3 is 2.50 bits per heavy atom. The first-order valence-corrected chi connectivity index (χ1v) is 7.07. The van der Waals surface area contributed by atoms with Crippen LogP contribution in [0.2, 0.25) is 0 Å². The molecule has 1 heterocycles. The number of rotatable bonds is 2. The average molecular weight is 269 g/mol. The number of benzene rings is 2. The van der Waals surface area contributed by atoms with Crippen LogP contribution in [0.3, 0.4) is 0 Å². The SMILES string of the molecule is Oc1cccc(-c2cccc(C3CCNCC3)c2)c1O. The predicted octanol–water partition coefficient (Wildman–Crippen LogP) is 3.23. The second-order valence-electron chi connectivity index (χ2n) is 5.32. The van der Waals surface area contributed by atoms with E-state index in [1.54, 1.807) is 6.07 Å². The van der Waals surface area contributed by atoms with Crippen molar-refractivity contribution in [2.75, 3.05) is 13.1 Å². The summed E-state index contributed by atoms with van der Waals surface area (Å²) in [6, 6.07) is 13.4. The number of nitrogens with one attached hydrogen (secondary N) is 1. The predicted molar refractivity (Wildman–Crippen MR) is 80.1 cm³/mol. The quantitative estimate of drug-likeness (QED) is 0.734. The number of aromatic hydroxyl groups is 2. The van der Waals surface area contributed by atoms with Crippen LogP contribution in [0.25, 0.3) is 11.1 Å². The molecule has 3 rings (SSSR count). The van der Waals surface area contributed by atoms with Crippen molar-refractivity contribution in [1.29, 1.82) is 0 Å². The second-order valence-corrected chi connectivity index (χ2v) is 5.32. The Hall–Kier alpha value is -2.00. The van der Waals surface area contributed by atoms with Crippen LogP contribution in [0.1, 0.15) is 24.3 Å². The molecule has 3 N–H and O–H groups in total. The largest absolute Gasteiger partial charge is 0.504 e. The molecule has 2 aromatic rings. The molecule has 0 bridgehead atoms. The maximum absolute atomic E-state index is 9.99. The van der Waals surface area contributed by atoms with Gasteiger partial charge in [0.1, 0.15) is 0 Å². The maximum Gasteiger partial charge on any atom is 0.165 e. The molecule has 0 radical (unpaired) electrons. The molecular formula is C17H19NO2. The van der Waals surface area contributed by atoms with Gasteiger partial charge in [0.15, 0.2) is 11.5 Å². The fourth-order valence-electron chi connectivity index (χ4n) is 2.88. The first kappa shape index (κ1) is 13.0. The summed E-state index contributed by atoms with van der Waals surface area (Å²) in [6.45, 7) is 2.12. The van der Waals surface area contributed by atoms with Crippen LogP contribution in [0, 0.1) is 0 Å². The van der Waals surface area contributed by atoms with Gasteiger partial charge in [-0.05, 0) is 49.0 Å². The molecule has 1 fully saturated rings. The lowest BCUT2D eigenvalue weighted by Crippen LogP contribution is -2.26. The fraction of sp³-hybridized carbons (Fsp3) is 0.294. The van der Waals surface area contributed by atoms with Crippen molar-refractivity contribution in [3.05, 3.63) is 48.0 Å². The summed E-state index contributed by atoms with van der Waals surface area (Å²) < 4.78 is 0. The molecule has 1 aliphatic rings. The van der Waals surface area contributed by atoms with Crippen molar-refractivity contribution in [1.82, 2.24) is 5.32 Å². The van der Waals surface area contributed by atoms with Gasteiger partial charge in [0.2, 0.25) is 0 Å². The Bertz CT molecular complexity index is 604. The fourth-order valence-corrected chi connectivity index (χ4v) is 2.88. The summed E-state index contributed by atoms with van der Waals surface area (Å²) in [6.07, 6.45) is 2.30. The minimum absolute atomic E-state index is 0.0463. The van der Waals surface area contributed by atoms with Crippen LogP contribution in [0.4, 0.5) is 0 Å². The Morgan fingerprint density at radius 1 is 0.950 bits per heavy atom. The van der Waals surface area contributed by atoms with Crippen molar-refractivity contribution < 1.29 is 10.2 Å². The normalized spacial score (nSPS) is 16.2.